The van der Waals surface area contributed by atoms with E-state index in [1.807, 2.05) is 12.1 Å². The van der Waals surface area contributed by atoms with Gasteiger partial charge in [-0.1, -0.05) is 43.5 Å². The Kier molecular flexibility index (Phi) is 7.39. The number of amides is 3. The van der Waals surface area contributed by atoms with Crippen LogP contribution in [0.2, 0.25) is 0 Å². The summed E-state index contributed by atoms with van der Waals surface area (Å²) in [6, 6.07) is 18.0. The number of carbonyl (C=O) groups is 2. The van der Waals surface area contributed by atoms with E-state index in [4.69, 9.17) is 0 Å². The third-order valence-corrected chi connectivity index (χ3v) is 6.09. The first-order valence-corrected chi connectivity index (χ1v) is 11.6. The minimum atomic E-state index is -4.50. The van der Waals surface area contributed by atoms with E-state index in [0.717, 1.165) is 49.8 Å². The molecule has 0 heterocycles. The highest BCUT2D eigenvalue weighted by molar-refractivity contribution is 6.05. The van der Waals surface area contributed by atoms with Crippen molar-refractivity contribution in [2.45, 2.75) is 44.2 Å². The van der Waals surface area contributed by atoms with E-state index in [9.17, 15) is 22.8 Å². The van der Waals surface area contributed by atoms with Crippen molar-refractivity contribution in [1.29, 1.82) is 0 Å². The SMILES string of the molecule is O=C(Nc1cccc(C(F)(F)F)c1)Nc1ccc(NC(=O)c2ccccc2)cc1C1CCCCC1. The van der Waals surface area contributed by atoms with Crippen molar-refractivity contribution in [2.75, 3.05) is 16.0 Å². The average molecular weight is 482 g/mol. The molecule has 3 aromatic carbocycles. The summed E-state index contributed by atoms with van der Waals surface area (Å²) >= 11 is 0. The third kappa shape index (κ3) is 6.41. The molecule has 4 rings (SSSR count). The van der Waals surface area contributed by atoms with Gasteiger partial charge >= 0.3 is 12.2 Å². The van der Waals surface area contributed by atoms with Crippen LogP contribution in [0.4, 0.5) is 35.0 Å². The van der Waals surface area contributed by atoms with Crippen molar-refractivity contribution in [2.24, 2.45) is 0 Å². The highest BCUT2D eigenvalue weighted by Crippen LogP contribution is 2.38. The number of rotatable bonds is 5. The number of anilines is 3. The van der Waals surface area contributed by atoms with Crippen LogP contribution in [-0.2, 0) is 6.18 Å². The molecular weight excluding hydrogens is 455 g/mol. The number of benzene rings is 3. The van der Waals surface area contributed by atoms with E-state index in [2.05, 4.69) is 16.0 Å². The molecule has 3 aromatic rings. The lowest BCUT2D eigenvalue weighted by Gasteiger charge is -2.25. The van der Waals surface area contributed by atoms with Crippen LogP contribution in [0, 0.1) is 0 Å². The summed E-state index contributed by atoms with van der Waals surface area (Å²) in [5.74, 6) is -0.0237. The van der Waals surface area contributed by atoms with Crippen molar-refractivity contribution in [1.82, 2.24) is 0 Å². The van der Waals surface area contributed by atoms with E-state index in [1.54, 1.807) is 36.4 Å². The molecule has 0 aromatic heterocycles. The topological polar surface area (TPSA) is 70.2 Å². The molecule has 182 valence electrons. The van der Waals surface area contributed by atoms with E-state index in [-0.39, 0.29) is 17.5 Å². The monoisotopic (exact) mass is 481 g/mol. The standard InChI is InChI=1S/C27H26F3N3O2/c28-27(29,30)20-12-7-13-21(16-20)32-26(35)33-24-15-14-22(17-23(24)18-8-3-1-4-9-18)31-25(34)19-10-5-2-6-11-19/h2,5-7,10-18H,1,3-4,8-9H2,(H,31,34)(H2,32,33,35). The fourth-order valence-corrected chi connectivity index (χ4v) is 4.36. The quantitative estimate of drug-likeness (QED) is 0.350. The predicted octanol–water partition coefficient (Wildman–Crippen LogP) is 7.65. The van der Waals surface area contributed by atoms with Gasteiger partial charge in [0.05, 0.1) is 5.56 Å². The number of alkyl halides is 3. The zero-order valence-corrected chi connectivity index (χ0v) is 19.0. The Labute approximate surface area is 201 Å². The molecule has 0 saturated heterocycles. The van der Waals surface area contributed by atoms with Crippen molar-refractivity contribution >= 4 is 29.0 Å². The average Bonchev–Trinajstić information content (AvgIpc) is 2.85. The number of urea groups is 1. The maximum atomic E-state index is 13.0. The first-order chi connectivity index (χ1) is 16.8. The molecule has 35 heavy (non-hydrogen) atoms. The van der Waals surface area contributed by atoms with E-state index >= 15 is 0 Å². The van der Waals surface area contributed by atoms with Crippen LogP contribution in [0.5, 0.6) is 0 Å². The van der Waals surface area contributed by atoms with Crippen molar-refractivity contribution in [3.05, 3.63) is 89.5 Å². The Hall–Kier alpha value is -3.81. The van der Waals surface area contributed by atoms with Gasteiger partial charge in [0.1, 0.15) is 0 Å². The van der Waals surface area contributed by atoms with Gasteiger partial charge in [-0.05, 0) is 72.9 Å². The smallest absolute Gasteiger partial charge is 0.322 e. The Morgan fingerprint density at radius 1 is 0.743 bits per heavy atom. The molecule has 0 radical (unpaired) electrons. The lowest BCUT2D eigenvalue weighted by molar-refractivity contribution is -0.137. The molecule has 0 unspecified atom stereocenters. The maximum absolute atomic E-state index is 13.0. The van der Waals surface area contributed by atoms with E-state index in [0.29, 0.717) is 16.9 Å². The minimum Gasteiger partial charge on any atom is -0.322 e. The van der Waals surface area contributed by atoms with E-state index in [1.165, 1.54) is 12.1 Å². The summed E-state index contributed by atoms with van der Waals surface area (Å²) in [5.41, 5.74) is 1.83. The first kappa shape index (κ1) is 24.3. The first-order valence-electron chi connectivity index (χ1n) is 11.6. The molecule has 1 aliphatic carbocycles. The van der Waals surface area contributed by atoms with Crippen molar-refractivity contribution in [3.8, 4) is 0 Å². The predicted molar refractivity (Wildman–Crippen MR) is 131 cm³/mol. The number of halogens is 3. The second kappa shape index (κ2) is 10.6. The molecule has 1 aliphatic rings. The van der Waals surface area contributed by atoms with Gasteiger partial charge in [0.25, 0.3) is 5.91 Å². The number of carbonyl (C=O) groups excluding carboxylic acids is 2. The van der Waals surface area contributed by atoms with Gasteiger partial charge in [0.15, 0.2) is 0 Å². The summed E-state index contributed by atoms with van der Waals surface area (Å²) < 4.78 is 39.0. The Morgan fingerprint density at radius 3 is 2.17 bits per heavy atom. The van der Waals surface area contributed by atoms with Crippen LogP contribution in [0.1, 0.15) is 59.5 Å². The minimum absolute atomic E-state index is 0.0447. The molecule has 3 amide bonds. The molecule has 8 heteroatoms. The van der Waals surface area contributed by atoms with Gasteiger partial charge < -0.3 is 16.0 Å². The number of hydrogen-bond donors (Lipinski definition) is 3. The summed E-state index contributed by atoms with van der Waals surface area (Å²) in [6.07, 6.45) is 0.713. The number of nitrogens with one attached hydrogen (secondary N) is 3. The lowest BCUT2D eigenvalue weighted by atomic mass is 9.83. The van der Waals surface area contributed by atoms with Crippen molar-refractivity contribution < 1.29 is 22.8 Å². The fourth-order valence-electron chi connectivity index (χ4n) is 4.36. The Balaban J connectivity index is 1.53. The molecular formula is C27H26F3N3O2. The third-order valence-electron chi connectivity index (χ3n) is 6.09. The van der Waals surface area contributed by atoms with Crippen LogP contribution >= 0.6 is 0 Å². The Bertz CT molecular complexity index is 1190. The molecule has 0 atom stereocenters. The molecule has 0 aliphatic heterocycles. The van der Waals surface area contributed by atoms with Gasteiger partial charge in [-0.3, -0.25) is 4.79 Å². The van der Waals surface area contributed by atoms with Crippen LogP contribution in [0.3, 0.4) is 0 Å². The molecule has 1 fully saturated rings. The molecule has 3 N–H and O–H groups in total. The summed E-state index contributed by atoms with van der Waals surface area (Å²) in [4.78, 5) is 25.2. The normalized spacial score (nSPS) is 14.3. The van der Waals surface area contributed by atoms with Gasteiger partial charge in [-0.25, -0.2) is 4.79 Å². The van der Waals surface area contributed by atoms with Gasteiger partial charge in [-0.15, -0.1) is 0 Å². The zero-order valence-electron chi connectivity index (χ0n) is 19.0. The summed E-state index contributed by atoms with van der Waals surface area (Å²) in [6.45, 7) is 0. The lowest BCUT2D eigenvalue weighted by Crippen LogP contribution is -2.21. The maximum Gasteiger partial charge on any atom is 0.416 e. The van der Waals surface area contributed by atoms with E-state index < -0.39 is 17.8 Å². The van der Waals surface area contributed by atoms with Gasteiger partial charge in [0.2, 0.25) is 0 Å². The van der Waals surface area contributed by atoms with Gasteiger partial charge in [0, 0.05) is 22.6 Å². The largest absolute Gasteiger partial charge is 0.416 e. The summed E-state index contributed by atoms with van der Waals surface area (Å²) in [5, 5.41) is 8.17. The second-order valence-corrected chi connectivity index (χ2v) is 8.61. The fraction of sp³-hybridized carbons (Fsp3) is 0.259. The highest BCUT2D eigenvalue weighted by atomic mass is 19.4. The molecule has 5 nitrogen and oxygen atoms in total. The number of hydrogen-bond acceptors (Lipinski definition) is 2. The second-order valence-electron chi connectivity index (χ2n) is 8.61. The molecule has 1 saturated carbocycles. The summed E-state index contributed by atoms with van der Waals surface area (Å²) in [7, 11) is 0. The van der Waals surface area contributed by atoms with Gasteiger partial charge in [-0.2, -0.15) is 13.2 Å². The van der Waals surface area contributed by atoms with Crippen LogP contribution in [0.15, 0.2) is 72.8 Å². The molecule has 0 spiro atoms. The van der Waals surface area contributed by atoms with Crippen LogP contribution in [0.25, 0.3) is 0 Å². The zero-order chi connectivity index (χ0) is 24.8. The van der Waals surface area contributed by atoms with Crippen LogP contribution < -0.4 is 16.0 Å². The highest BCUT2D eigenvalue weighted by Gasteiger charge is 2.30. The van der Waals surface area contributed by atoms with Crippen molar-refractivity contribution in [3.63, 3.8) is 0 Å². The van der Waals surface area contributed by atoms with Crippen LogP contribution in [-0.4, -0.2) is 11.9 Å². The Morgan fingerprint density at radius 2 is 1.46 bits per heavy atom. The molecule has 0 bridgehead atoms.